The molecule has 104 valence electrons. The van der Waals surface area contributed by atoms with Crippen molar-refractivity contribution in [2.45, 2.75) is 38.3 Å². The molecule has 1 aromatic carbocycles. The lowest BCUT2D eigenvalue weighted by Crippen LogP contribution is -2.37. The molecule has 0 bridgehead atoms. The number of rotatable bonds is 3. The summed E-state index contributed by atoms with van der Waals surface area (Å²) in [6.45, 7) is 0.585. The molecule has 1 amide bonds. The lowest BCUT2D eigenvalue weighted by Gasteiger charge is -2.29. The Morgan fingerprint density at radius 3 is 2.42 bits per heavy atom. The van der Waals surface area contributed by atoms with E-state index in [1.807, 2.05) is 19.2 Å². The molecular formula is C15H22N2O2. The van der Waals surface area contributed by atoms with E-state index in [1.54, 1.807) is 17.0 Å². The highest BCUT2D eigenvalue weighted by atomic mass is 16.3. The Labute approximate surface area is 114 Å². The molecule has 19 heavy (non-hydrogen) atoms. The third kappa shape index (κ3) is 3.70. The summed E-state index contributed by atoms with van der Waals surface area (Å²) in [5.74, 6) is 0.584. The quantitative estimate of drug-likeness (QED) is 0.874. The van der Waals surface area contributed by atoms with Crippen molar-refractivity contribution in [2.75, 3.05) is 7.05 Å². The van der Waals surface area contributed by atoms with Crippen molar-refractivity contribution in [2.24, 2.45) is 11.7 Å². The van der Waals surface area contributed by atoms with Gasteiger partial charge in [-0.15, -0.1) is 0 Å². The molecule has 0 aliphatic heterocycles. The Hall–Kier alpha value is -1.55. The van der Waals surface area contributed by atoms with E-state index in [0.717, 1.165) is 31.2 Å². The molecule has 1 aliphatic carbocycles. The minimum atomic E-state index is 0.127. The first kappa shape index (κ1) is 13.9. The summed E-state index contributed by atoms with van der Waals surface area (Å²) in [5.41, 5.74) is 6.89. The van der Waals surface area contributed by atoms with Crippen LogP contribution in [-0.4, -0.2) is 29.0 Å². The van der Waals surface area contributed by atoms with Crippen molar-refractivity contribution in [3.8, 4) is 5.75 Å². The smallest absolute Gasteiger partial charge is 0.225 e. The van der Waals surface area contributed by atoms with Crippen LogP contribution in [0.3, 0.4) is 0 Å². The summed E-state index contributed by atoms with van der Waals surface area (Å²) >= 11 is 0. The van der Waals surface area contributed by atoms with Crippen LogP contribution < -0.4 is 5.73 Å². The Balaban J connectivity index is 1.90. The van der Waals surface area contributed by atoms with Crippen LogP contribution in [0, 0.1) is 5.92 Å². The first-order chi connectivity index (χ1) is 9.06. The zero-order chi connectivity index (χ0) is 13.8. The topological polar surface area (TPSA) is 66.6 Å². The Kier molecular flexibility index (Phi) is 4.43. The fourth-order valence-corrected chi connectivity index (χ4v) is 2.63. The third-order valence-electron chi connectivity index (χ3n) is 3.85. The minimum absolute atomic E-state index is 0.127. The van der Waals surface area contributed by atoms with Gasteiger partial charge in [-0.05, 0) is 43.4 Å². The molecule has 1 aromatic rings. The van der Waals surface area contributed by atoms with Gasteiger partial charge in [0.05, 0.1) is 0 Å². The first-order valence-corrected chi connectivity index (χ1v) is 6.84. The van der Waals surface area contributed by atoms with Crippen molar-refractivity contribution in [3.05, 3.63) is 29.8 Å². The average molecular weight is 262 g/mol. The van der Waals surface area contributed by atoms with Gasteiger partial charge in [-0.25, -0.2) is 0 Å². The van der Waals surface area contributed by atoms with Gasteiger partial charge in [0, 0.05) is 25.6 Å². The molecule has 0 atom stereocenters. The van der Waals surface area contributed by atoms with Crippen molar-refractivity contribution < 1.29 is 9.90 Å². The van der Waals surface area contributed by atoms with Crippen LogP contribution in [0.4, 0.5) is 0 Å². The molecule has 0 aromatic heterocycles. The van der Waals surface area contributed by atoms with Crippen LogP contribution in [0.15, 0.2) is 24.3 Å². The van der Waals surface area contributed by atoms with Crippen LogP contribution in [0.2, 0.25) is 0 Å². The number of benzene rings is 1. The van der Waals surface area contributed by atoms with E-state index in [2.05, 4.69) is 0 Å². The fraction of sp³-hybridized carbons (Fsp3) is 0.533. The van der Waals surface area contributed by atoms with Crippen LogP contribution in [0.1, 0.15) is 31.2 Å². The second-order valence-corrected chi connectivity index (χ2v) is 5.47. The molecule has 1 aliphatic rings. The van der Waals surface area contributed by atoms with Crippen LogP contribution >= 0.6 is 0 Å². The minimum Gasteiger partial charge on any atom is -0.508 e. The molecule has 0 heterocycles. The van der Waals surface area contributed by atoms with Gasteiger partial charge in [0.15, 0.2) is 0 Å². The lowest BCUT2D eigenvalue weighted by molar-refractivity contribution is -0.135. The number of carbonyl (C=O) groups is 1. The third-order valence-corrected chi connectivity index (χ3v) is 3.85. The molecule has 2 rings (SSSR count). The molecular weight excluding hydrogens is 240 g/mol. The maximum Gasteiger partial charge on any atom is 0.225 e. The molecule has 1 fully saturated rings. The maximum atomic E-state index is 12.3. The number of carbonyl (C=O) groups excluding carboxylic acids is 1. The fourth-order valence-electron chi connectivity index (χ4n) is 2.63. The van der Waals surface area contributed by atoms with E-state index >= 15 is 0 Å². The van der Waals surface area contributed by atoms with E-state index in [9.17, 15) is 9.90 Å². The molecule has 0 unspecified atom stereocenters. The summed E-state index contributed by atoms with van der Waals surface area (Å²) in [6, 6.07) is 7.25. The standard InChI is InChI=1S/C15H22N2O2/c1-17(10-11-2-8-14(18)9-3-11)15(19)12-4-6-13(16)7-5-12/h2-3,8-9,12-13,18H,4-7,10,16H2,1H3. The number of phenols is 1. The van der Waals surface area contributed by atoms with Crippen LogP contribution in [-0.2, 0) is 11.3 Å². The number of aromatic hydroxyl groups is 1. The lowest BCUT2D eigenvalue weighted by atomic mass is 9.85. The highest BCUT2D eigenvalue weighted by Crippen LogP contribution is 2.25. The largest absolute Gasteiger partial charge is 0.508 e. The first-order valence-electron chi connectivity index (χ1n) is 6.84. The van der Waals surface area contributed by atoms with Gasteiger partial charge in [0.1, 0.15) is 5.75 Å². The Bertz CT molecular complexity index is 422. The van der Waals surface area contributed by atoms with Gasteiger partial charge in [0.2, 0.25) is 5.91 Å². The summed E-state index contributed by atoms with van der Waals surface area (Å²) in [5, 5.41) is 9.24. The SMILES string of the molecule is CN(Cc1ccc(O)cc1)C(=O)C1CCC(N)CC1. The molecule has 3 N–H and O–H groups in total. The van der Waals surface area contributed by atoms with E-state index in [4.69, 9.17) is 5.73 Å². The van der Waals surface area contributed by atoms with E-state index in [1.165, 1.54) is 0 Å². The molecule has 0 radical (unpaired) electrons. The molecule has 4 nitrogen and oxygen atoms in total. The zero-order valence-electron chi connectivity index (χ0n) is 11.4. The average Bonchev–Trinajstić information content (AvgIpc) is 2.41. The predicted molar refractivity (Wildman–Crippen MR) is 74.5 cm³/mol. The van der Waals surface area contributed by atoms with Crippen molar-refractivity contribution in [1.29, 1.82) is 0 Å². The van der Waals surface area contributed by atoms with Gasteiger partial charge >= 0.3 is 0 Å². The van der Waals surface area contributed by atoms with Crippen LogP contribution in [0.5, 0.6) is 5.75 Å². The van der Waals surface area contributed by atoms with Gasteiger partial charge in [-0.3, -0.25) is 4.79 Å². The second kappa shape index (κ2) is 6.06. The number of amides is 1. The van der Waals surface area contributed by atoms with Crippen molar-refractivity contribution >= 4 is 5.91 Å². The van der Waals surface area contributed by atoms with E-state index in [0.29, 0.717) is 6.54 Å². The van der Waals surface area contributed by atoms with Gasteiger partial charge in [-0.2, -0.15) is 0 Å². The molecule has 0 spiro atoms. The summed E-state index contributed by atoms with van der Waals surface area (Å²) in [4.78, 5) is 14.1. The van der Waals surface area contributed by atoms with Crippen LogP contribution in [0.25, 0.3) is 0 Å². The summed E-state index contributed by atoms with van der Waals surface area (Å²) in [7, 11) is 1.84. The van der Waals surface area contributed by atoms with E-state index in [-0.39, 0.29) is 23.6 Å². The summed E-state index contributed by atoms with van der Waals surface area (Å²) < 4.78 is 0. The molecule has 0 saturated heterocycles. The number of nitrogens with zero attached hydrogens (tertiary/aromatic N) is 1. The number of phenolic OH excluding ortho intramolecular Hbond substituents is 1. The van der Waals surface area contributed by atoms with Gasteiger partial charge < -0.3 is 15.7 Å². The number of hydrogen-bond donors (Lipinski definition) is 2. The van der Waals surface area contributed by atoms with Crippen molar-refractivity contribution in [3.63, 3.8) is 0 Å². The Morgan fingerprint density at radius 1 is 1.26 bits per heavy atom. The predicted octanol–water partition coefficient (Wildman–Crippen LogP) is 1.87. The van der Waals surface area contributed by atoms with Gasteiger partial charge in [-0.1, -0.05) is 12.1 Å². The Morgan fingerprint density at radius 2 is 1.84 bits per heavy atom. The number of nitrogens with two attached hydrogens (primary N) is 1. The highest BCUT2D eigenvalue weighted by Gasteiger charge is 2.26. The zero-order valence-corrected chi connectivity index (χ0v) is 11.4. The second-order valence-electron chi connectivity index (χ2n) is 5.47. The summed E-state index contributed by atoms with van der Waals surface area (Å²) in [6.07, 6.45) is 3.70. The van der Waals surface area contributed by atoms with Gasteiger partial charge in [0.25, 0.3) is 0 Å². The molecule has 4 heteroatoms. The number of hydrogen-bond acceptors (Lipinski definition) is 3. The monoisotopic (exact) mass is 262 g/mol. The molecule has 1 saturated carbocycles. The highest BCUT2D eigenvalue weighted by molar-refractivity contribution is 5.78. The van der Waals surface area contributed by atoms with E-state index < -0.39 is 0 Å². The normalized spacial score (nSPS) is 23.1. The maximum absolute atomic E-state index is 12.3. The van der Waals surface area contributed by atoms with Crippen molar-refractivity contribution in [1.82, 2.24) is 4.90 Å².